The van der Waals surface area contributed by atoms with E-state index in [0.717, 1.165) is 9.55 Å². The molecule has 6 nitrogen and oxygen atoms in total. The largest absolute Gasteiger partial charge is 0.444 e. The maximum Gasteiger partial charge on any atom is 0.305 e. The van der Waals surface area contributed by atoms with Gasteiger partial charge in [0.25, 0.3) is 5.56 Å². The molecule has 21 heavy (non-hydrogen) atoms. The number of aromatic amines is 1. The first-order chi connectivity index (χ1) is 9.95. The second kappa shape index (κ2) is 5.24. The topological polar surface area (TPSA) is 80.0 Å². The number of fused-ring (bicyclic) bond motifs is 1. The third kappa shape index (κ3) is 2.59. The molecule has 0 radical (unpaired) electrons. The average Bonchev–Trinajstić information content (AvgIpc) is 3.00. The zero-order valence-electron chi connectivity index (χ0n) is 10.6. The van der Waals surface area contributed by atoms with Crippen LogP contribution < -0.4 is 11.0 Å². The van der Waals surface area contributed by atoms with E-state index in [-0.39, 0.29) is 16.1 Å². The minimum atomic E-state index is -0.561. The maximum atomic E-state index is 12.4. The third-order valence-electron chi connectivity index (χ3n) is 2.72. The van der Waals surface area contributed by atoms with Crippen molar-refractivity contribution in [2.45, 2.75) is 6.92 Å². The summed E-state index contributed by atoms with van der Waals surface area (Å²) in [5.74, 6) is -0.488. The van der Waals surface area contributed by atoms with Crippen LogP contribution in [0.3, 0.4) is 0 Å². The Balaban J connectivity index is 2.06. The fraction of sp³-hybridized carbons (Fsp3) is 0.0833. The molecule has 0 spiro atoms. The molecule has 0 atom stereocenters. The molecule has 0 aromatic carbocycles. The van der Waals surface area contributed by atoms with Crippen molar-refractivity contribution < 1.29 is 9.21 Å². The molecule has 2 N–H and O–H groups in total. The van der Waals surface area contributed by atoms with Gasteiger partial charge < -0.3 is 9.40 Å². The summed E-state index contributed by atoms with van der Waals surface area (Å²) in [5.41, 5.74) is 2.05. The van der Waals surface area contributed by atoms with E-state index < -0.39 is 5.91 Å². The number of rotatable bonds is 2. The summed E-state index contributed by atoms with van der Waals surface area (Å²) in [6, 6.07) is 4.83. The molecule has 0 unspecified atom stereocenters. The molecule has 3 rings (SSSR count). The van der Waals surface area contributed by atoms with Gasteiger partial charge in [-0.15, -0.1) is 11.3 Å². The molecule has 108 valence electrons. The molecule has 3 aromatic heterocycles. The first-order valence-corrected chi connectivity index (χ1v) is 7.79. The van der Waals surface area contributed by atoms with Crippen molar-refractivity contribution in [1.29, 1.82) is 0 Å². The van der Waals surface area contributed by atoms with Gasteiger partial charge in [-0.25, -0.2) is 0 Å². The molecular formula is C12H8BrN3O3S2. The van der Waals surface area contributed by atoms with Crippen LogP contribution >= 0.6 is 39.5 Å². The van der Waals surface area contributed by atoms with Crippen molar-refractivity contribution in [2.24, 2.45) is 0 Å². The standard InChI is InChI=1S/C12H8BrN3O3S2/c1-5-4-6-10(21-5)14-12(20)16(11(6)18)15-9(17)7-2-3-8(13)19-7/h2-4H,1H3,(H,14,20)(H,15,17). The van der Waals surface area contributed by atoms with Crippen LogP contribution in [0, 0.1) is 11.7 Å². The van der Waals surface area contributed by atoms with Crippen LogP contribution in [0.1, 0.15) is 15.4 Å². The first kappa shape index (κ1) is 14.2. The van der Waals surface area contributed by atoms with Crippen LogP contribution in [0.2, 0.25) is 0 Å². The van der Waals surface area contributed by atoms with Crippen molar-refractivity contribution in [3.8, 4) is 0 Å². The van der Waals surface area contributed by atoms with Crippen molar-refractivity contribution in [2.75, 3.05) is 5.43 Å². The van der Waals surface area contributed by atoms with Gasteiger partial charge >= 0.3 is 5.91 Å². The summed E-state index contributed by atoms with van der Waals surface area (Å²) in [7, 11) is 0. The zero-order chi connectivity index (χ0) is 15.1. The minimum Gasteiger partial charge on any atom is -0.444 e. The summed E-state index contributed by atoms with van der Waals surface area (Å²) >= 11 is 9.65. The molecular weight excluding hydrogens is 378 g/mol. The molecule has 3 heterocycles. The van der Waals surface area contributed by atoms with Crippen molar-refractivity contribution in [1.82, 2.24) is 9.66 Å². The molecule has 0 bridgehead atoms. The lowest BCUT2D eigenvalue weighted by atomic mass is 10.4. The normalized spacial score (nSPS) is 11.0. The number of nitrogens with one attached hydrogen (secondary N) is 2. The van der Waals surface area contributed by atoms with Gasteiger partial charge in [-0.1, -0.05) is 0 Å². The lowest BCUT2D eigenvalue weighted by Crippen LogP contribution is -2.34. The molecule has 0 aliphatic rings. The van der Waals surface area contributed by atoms with E-state index in [1.165, 1.54) is 17.4 Å². The third-order valence-corrected chi connectivity index (χ3v) is 4.40. The highest BCUT2D eigenvalue weighted by atomic mass is 79.9. The predicted octanol–water partition coefficient (Wildman–Crippen LogP) is 3.17. The van der Waals surface area contributed by atoms with Crippen LogP contribution in [0.5, 0.6) is 0 Å². The highest BCUT2D eigenvalue weighted by Gasteiger charge is 2.14. The molecule has 0 aliphatic heterocycles. The van der Waals surface area contributed by atoms with E-state index in [9.17, 15) is 9.59 Å². The van der Waals surface area contributed by atoms with Crippen LogP contribution in [0.15, 0.2) is 32.1 Å². The van der Waals surface area contributed by atoms with Gasteiger partial charge in [0, 0.05) is 4.88 Å². The van der Waals surface area contributed by atoms with E-state index in [0.29, 0.717) is 14.9 Å². The number of hydrogen-bond acceptors (Lipinski definition) is 5. The minimum absolute atomic E-state index is 0.0739. The van der Waals surface area contributed by atoms with Crippen LogP contribution in [-0.4, -0.2) is 15.6 Å². The lowest BCUT2D eigenvalue weighted by molar-refractivity contribution is 0.0979. The van der Waals surface area contributed by atoms with E-state index >= 15 is 0 Å². The number of nitrogens with zero attached hydrogens (tertiary/aromatic N) is 1. The summed E-state index contributed by atoms with van der Waals surface area (Å²) in [6.07, 6.45) is 0. The van der Waals surface area contributed by atoms with Crippen molar-refractivity contribution >= 4 is 55.6 Å². The molecule has 0 fully saturated rings. The summed E-state index contributed by atoms with van der Waals surface area (Å²) in [5, 5.41) is 0.479. The number of H-pyrrole nitrogens is 1. The maximum absolute atomic E-state index is 12.4. The number of aromatic nitrogens is 2. The SMILES string of the molecule is Cc1cc2c(=O)n(NC(=O)c3ccc(Br)o3)c(=S)[nH]c2s1. The van der Waals surface area contributed by atoms with Crippen molar-refractivity contribution in [3.63, 3.8) is 0 Å². The van der Waals surface area contributed by atoms with Crippen LogP contribution in [0.4, 0.5) is 0 Å². The van der Waals surface area contributed by atoms with Gasteiger partial charge in [0.15, 0.2) is 10.4 Å². The number of carbonyl (C=O) groups is 1. The Morgan fingerprint density at radius 2 is 2.29 bits per heavy atom. The summed E-state index contributed by atoms with van der Waals surface area (Å²) < 4.78 is 6.68. The number of thiophene rings is 1. The smallest absolute Gasteiger partial charge is 0.305 e. The Labute approximate surface area is 135 Å². The monoisotopic (exact) mass is 385 g/mol. The highest BCUT2D eigenvalue weighted by Crippen LogP contribution is 2.19. The fourth-order valence-electron chi connectivity index (χ4n) is 1.83. The number of aryl methyl sites for hydroxylation is 1. The Morgan fingerprint density at radius 3 is 2.95 bits per heavy atom. The van der Waals surface area contributed by atoms with Gasteiger partial charge in [-0.3, -0.25) is 15.0 Å². The number of carbonyl (C=O) groups excluding carboxylic acids is 1. The fourth-order valence-corrected chi connectivity index (χ4v) is 3.33. The first-order valence-electron chi connectivity index (χ1n) is 5.78. The van der Waals surface area contributed by atoms with Gasteiger partial charge in [0.05, 0.1) is 5.39 Å². The van der Waals surface area contributed by atoms with Gasteiger partial charge in [0.1, 0.15) is 4.83 Å². The Bertz CT molecular complexity index is 966. The van der Waals surface area contributed by atoms with E-state index in [1.807, 2.05) is 6.92 Å². The number of halogens is 1. The molecule has 0 saturated heterocycles. The predicted molar refractivity (Wildman–Crippen MR) is 86.1 cm³/mol. The molecule has 1 amide bonds. The molecule has 3 aromatic rings. The Kier molecular flexibility index (Phi) is 3.56. The zero-order valence-corrected chi connectivity index (χ0v) is 13.8. The second-order valence-corrected chi connectivity index (χ2v) is 6.64. The van der Waals surface area contributed by atoms with Gasteiger partial charge in [-0.05, 0) is 53.3 Å². The second-order valence-electron chi connectivity index (χ2n) is 4.22. The van der Waals surface area contributed by atoms with E-state index in [1.54, 1.807) is 12.1 Å². The number of furan rings is 1. The highest BCUT2D eigenvalue weighted by molar-refractivity contribution is 9.10. The molecule has 9 heteroatoms. The van der Waals surface area contributed by atoms with E-state index in [2.05, 4.69) is 26.3 Å². The summed E-state index contributed by atoms with van der Waals surface area (Å²) in [6.45, 7) is 1.89. The van der Waals surface area contributed by atoms with Crippen LogP contribution in [-0.2, 0) is 0 Å². The Hall–Kier alpha value is -1.71. The van der Waals surface area contributed by atoms with Gasteiger partial charge in [0.2, 0.25) is 4.77 Å². The quantitative estimate of drug-likeness (QED) is 0.663. The summed E-state index contributed by atoms with van der Waals surface area (Å²) in [4.78, 5) is 29.0. The molecule has 0 aliphatic carbocycles. The lowest BCUT2D eigenvalue weighted by Gasteiger charge is -2.06. The van der Waals surface area contributed by atoms with Crippen molar-refractivity contribution in [3.05, 3.63) is 48.6 Å². The van der Waals surface area contributed by atoms with E-state index in [4.69, 9.17) is 16.6 Å². The van der Waals surface area contributed by atoms with Crippen LogP contribution in [0.25, 0.3) is 10.2 Å². The number of hydrogen-bond donors (Lipinski definition) is 2. The average molecular weight is 386 g/mol. The van der Waals surface area contributed by atoms with Gasteiger partial charge in [-0.2, -0.15) is 4.68 Å². The molecule has 0 saturated carbocycles. The Morgan fingerprint density at radius 1 is 1.52 bits per heavy atom. The number of amides is 1.